The summed E-state index contributed by atoms with van der Waals surface area (Å²) in [4.78, 5) is 20.2. The molecule has 11 nitrogen and oxygen atoms in total. The largest absolute Gasteiger partial charge is 0.444 e. The van der Waals surface area contributed by atoms with Crippen molar-refractivity contribution in [3.05, 3.63) is 34.5 Å². The van der Waals surface area contributed by atoms with Gasteiger partial charge in [0.25, 0.3) is 0 Å². The van der Waals surface area contributed by atoms with E-state index >= 15 is 0 Å². The van der Waals surface area contributed by atoms with Crippen molar-refractivity contribution in [2.45, 2.75) is 12.5 Å². The molecule has 0 spiro atoms. The highest BCUT2D eigenvalue weighted by Crippen LogP contribution is 2.28. The van der Waals surface area contributed by atoms with Crippen LogP contribution in [0.4, 0.5) is 20.6 Å². The molecule has 1 atom stereocenters. The summed E-state index contributed by atoms with van der Waals surface area (Å²) in [7, 11) is -3.17. The SMILES string of the molecule is CS(=O)(=O)NCCCN1CCN(c2ccc(N3C[C@H](CN=[N+]=[N-])OC3=O)cc2F)CC1. The number of rotatable bonds is 9. The minimum absolute atomic E-state index is 0.0356. The van der Waals surface area contributed by atoms with Crippen molar-refractivity contribution in [3.8, 4) is 0 Å². The van der Waals surface area contributed by atoms with E-state index in [9.17, 15) is 17.6 Å². The molecule has 2 heterocycles. The van der Waals surface area contributed by atoms with Gasteiger partial charge in [-0.25, -0.2) is 22.3 Å². The molecule has 3 rings (SSSR count). The van der Waals surface area contributed by atoms with Crippen LogP contribution in [0.1, 0.15) is 6.42 Å². The van der Waals surface area contributed by atoms with Crippen molar-refractivity contribution in [2.24, 2.45) is 5.11 Å². The standard InChI is InChI=1S/C18H26FN7O4S/c1-31(28,29)22-5-2-6-24-7-9-25(10-8-24)17-4-3-14(11-16(17)19)26-13-15(12-21-23-20)30-18(26)27/h3-4,11,15,22H,2,5-10,12-13H2,1H3/t15-/m0/s1. The lowest BCUT2D eigenvalue weighted by atomic mass is 10.2. The van der Waals surface area contributed by atoms with Gasteiger partial charge >= 0.3 is 6.09 Å². The van der Waals surface area contributed by atoms with Gasteiger partial charge in [-0.1, -0.05) is 5.11 Å². The molecular formula is C18H26FN7O4S. The molecular weight excluding hydrogens is 429 g/mol. The van der Waals surface area contributed by atoms with E-state index in [1.165, 1.54) is 11.0 Å². The summed E-state index contributed by atoms with van der Waals surface area (Å²) in [5.74, 6) is -0.422. The first-order chi connectivity index (χ1) is 14.8. The highest BCUT2D eigenvalue weighted by molar-refractivity contribution is 7.88. The van der Waals surface area contributed by atoms with Crippen LogP contribution in [-0.2, 0) is 14.8 Å². The van der Waals surface area contributed by atoms with Crippen LogP contribution in [0.2, 0.25) is 0 Å². The monoisotopic (exact) mass is 455 g/mol. The molecule has 0 aliphatic carbocycles. The molecule has 31 heavy (non-hydrogen) atoms. The number of amides is 1. The van der Waals surface area contributed by atoms with Crippen LogP contribution < -0.4 is 14.5 Å². The fourth-order valence-electron chi connectivity index (χ4n) is 3.65. The molecule has 0 saturated carbocycles. The normalized spacial score (nSPS) is 19.9. The van der Waals surface area contributed by atoms with Crippen LogP contribution in [0.25, 0.3) is 10.4 Å². The Kier molecular flexibility index (Phi) is 7.55. The fraction of sp³-hybridized carbons (Fsp3) is 0.611. The van der Waals surface area contributed by atoms with Gasteiger partial charge in [0.05, 0.1) is 30.7 Å². The summed E-state index contributed by atoms with van der Waals surface area (Å²) < 4.78 is 44.6. The van der Waals surface area contributed by atoms with Gasteiger partial charge in [-0.2, -0.15) is 0 Å². The molecule has 0 radical (unpaired) electrons. The first-order valence-electron chi connectivity index (χ1n) is 9.97. The van der Waals surface area contributed by atoms with E-state index in [0.717, 1.165) is 25.9 Å². The molecule has 2 aliphatic heterocycles. The number of carbonyl (C=O) groups excluding carboxylic acids is 1. The Bertz CT molecular complexity index is 946. The maximum atomic E-state index is 14.8. The second kappa shape index (κ2) is 10.1. The first-order valence-corrected chi connectivity index (χ1v) is 11.9. The van der Waals surface area contributed by atoms with E-state index in [2.05, 4.69) is 19.6 Å². The number of hydrogen-bond donors (Lipinski definition) is 1. The molecule has 1 amide bonds. The summed E-state index contributed by atoms with van der Waals surface area (Å²) in [6.45, 7) is 4.20. The highest BCUT2D eigenvalue weighted by atomic mass is 32.2. The number of cyclic esters (lactones) is 1. The Morgan fingerprint density at radius 3 is 2.71 bits per heavy atom. The number of sulfonamides is 1. The number of hydrogen-bond acceptors (Lipinski definition) is 7. The van der Waals surface area contributed by atoms with Crippen LogP contribution in [0.5, 0.6) is 0 Å². The zero-order chi connectivity index (χ0) is 22.4. The van der Waals surface area contributed by atoms with Gasteiger partial charge in [0.15, 0.2) is 0 Å². The average Bonchev–Trinajstić information content (AvgIpc) is 3.10. The second-order valence-electron chi connectivity index (χ2n) is 7.51. The van der Waals surface area contributed by atoms with Crippen molar-refractivity contribution in [3.63, 3.8) is 0 Å². The second-order valence-corrected chi connectivity index (χ2v) is 9.35. The summed E-state index contributed by atoms with van der Waals surface area (Å²) in [6.07, 6.45) is 0.707. The van der Waals surface area contributed by atoms with Gasteiger partial charge in [0, 0.05) is 37.6 Å². The first kappa shape index (κ1) is 23.1. The molecule has 2 aliphatic rings. The highest BCUT2D eigenvalue weighted by Gasteiger charge is 2.32. The fourth-order valence-corrected chi connectivity index (χ4v) is 4.16. The number of nitrogens with zero attached hydrogens (tertiary/aromatic N) is 6. The molecule has 13 heteroatoms. The third kappa shape index (κ3) is 6.44. The van der Waals surface area contributed by atoms with Gasteiger partial charge in [-0.15, -0.1) is 0 Å². The number of carbonyl (C=O) groups is 1. The van der Waals surface area contributed by atoms with Gasteiger partial charge in [0.1, 0.15) is 11.9 Å². The number of nitrogens with one attached hydrogen (secondary N) is 1. The van der Waals surface area contributed by atoms with Crippen molar-refractivity contribution in [1.29, 1.82) is 0 Å². The average molecular weight is 456 g/mol. The summed E-state index contributed by atoms with van der Waals surface area (Å²) in [5.41, 5.74) is 9.26. The molecule has 0 unspecified atom stereocenters. The van der Waals surface area contributed by atoms with Crippen LogP contribution in [-0.4, -0.2) is 84.1 Å². The smallest absolute Gasteiger partial charge is 0.414 e. The van der Waals surface area contributed by atoms with Crippen molar-refractivity contribution >= 4 is 27.5 Å². The van der Waals surface area contributed by atoms with Crippen molar-refractivity contribution < 1.29 is 22.3 Å². The third-order valence-corrected chi connectivity index (χ3v) is 5.92. The van der Waals surface area contributed by atoms with E-state index in [4.69, 9.17) is 10.3 Å². The van der Waals surface area contributed by atoms with Gasteiger partial charge < -0.3 is 9.64 Å². The Morgan fingerprint density at radius 1 is 1.32 bits per heavy atom. The lowest BCUT2D eigenvalue weighted by Crippen LogP contribution is -2.47. The predicted octanol–water partition coefficient (Wildman–Crippen LogP) is 1.52. The molecule has 1 N–H and O–H groups in total. The Balaban J connectivity index is 1.52. The van der Waals surface area contributed by atoms with Gasteiger partial charge in [-0.3, -0.25) is 9.80 Å². The van der Waals surface area contributed by atoms with Crippen LogP contribution >= 0.6 is 0 Å². The van der Waals surface area contributed by atoms with Gasteiger partial charge in [-0.05, 0) is 36.7 Å². The Hall–Kier alpha value is -2.60. The molecule has 2 fully saturated rings. The lowest BCUT2D eigenvalue weighted by molar-refractivity contribution is 0.145. The van der Waals surface area contributed by atoms with E-state index in [0.29, 0.717) is 37.4 Å². The maximum Gasteiger partial charge on any atom is 0.414 e. The summed E-state index contributed by atoms with van der Waals surface area (Å²) >= 11 is 0. The Morgan fingerprint density at radius 2 is 2.06 bits per heavy atom. The van der Waals surface area contributed by atoms with Crippen LogP contribution in [0, 0.1) is 5.82 Å². The number of benzene rings is 1. The predicted molar refractivity (Wildman–Crippen MR) is 114 cm³/mol. The van der Waals surface area contributed by atoms with E-state index in [-0.39, 0.29) is 13.1 Å². The zero-order valence-electron chi connectivity index (χ0n) is 17.3. The molecule has 1 aromatic rings. The minimum Gasteiger partial charge on any atom is -0.444 e. The maximum absolute atomic E-state index is 14.8. The van der Waals surface area contributed by atoms with E-state index in [1.807, 2.05) is 4.90 Å². The Labute approximate surface area is 180 Å². The van der Waals surface area contributed by atoms with Crippen molar-refractivity contribution in [2.75, 3.05) is 68.4 Å². The molecule has 1 aromatic carbocycles. The third-order valence-electron chi connectivity index (χ3n) is 5.19. The minimum atomic E-state index is -3.17. The number of halogens is 1. The number of ether oxygens (including phenoxy) is 1. The van der Waals surface area contributed by atoms with Crippen LogP contribution in [0.15, 0.2) is 23.3 Å². The number of anilines is 2. The zero-order valence-corrected chi connectivity index (χ0v) is 18.1. The molecule has 0 aromatic heterocycles. The van der Waals surface area contributed by atoms with Crippen molar-refractivity contribution in [1.82, 2.24) is 9.62 Å². The van der Waals surface area contributed by atoms with Gasteiger partial charge in [0.2, 0.25) is 10.0 Å². The molecule has 2 saturated heterocycles. The lowest BCUT2D eigenvalue weighted by Gasteiger charge is -2.36. The molecule has 170 valence electrons. The number of azide groups is 1. The van der Waals surface area contributed by atoms with E-state index < -0.39 is 28.0 Å². The van der Waals surface area contributed by atoms with Crippen LogP contribution in [0.3, 0.4) is 0 Å². The summed E-state index contributed by atoms with van der Waals surface area (Å²) in [5, 5.41) is 3.41. The quantitative estimate of drug-likeness (QED) is 0.260. The summed E-state index contributed by atoms with van der Waals surface area (Å²) in [6, 6.07) is 4.65. The number of piperazine rings is 1. The topological polar surface area (TPSA) is 131 Å². The molecule has 0 bridgehead atoms. The van der Waals surface area contributed by atoms with E-state index in [1.54, 1.807) is 12.1 Å².